The van der Waals surface area contributed by atoms with E-state index < -0.39 is 0 Å². The lowest BCUT2D eigenvalue weighted by Gasteiger charge is -2.10. The fourth-order valence-corrected chi connectivity index (χ4v) is 3.52. The summed E-state index contributed by atoms with van der Waals surface area (Å²) in [7, 11) is 1.68. The monoisotopic (exact) mass is 487 g/mol. The lowest BCUT2D eigenvalue weighted by molar-refractivity contribution is 0.415. The minimum Gasteiger partial charge on any atom is -0.497 e. The molecule has 20 heavy (non-hydrogen) atoms. The van der Waals surface area contributed by atoms with Crippen LogP contribution in [0.1, 0.15) is 0 Å². The van der Waals surface area contributed by atoms with E-state index >= 15 is 0 Å². The molecule has 0 unspecified atom stereocenters. The van der Waals surface area contributed by atoms with Gasteiger partial charge in [0.25, 0.3) is 0 Å². The summed E-state index contributed by atoms with van der Waals surface area (Å²) in [6.07, 6.45) is 0. The summed E-state index contributed by atoms with van der Waals surface area (Å²) in [5.41, 5.74) is 3.17. The molecule has 4 heteroatoms. The first-order chi connectivity index (χ1) is 9.70. The Bertz CT molecular complexity index is 769. The highest BCUT2D eigenvalue weighted by Crippen LogP contribution is 2.32. The lowest BCUT2D eigenvalue weighted by atomic mass is 10.1. The van der Waals surface area contributed by atoms with Gasteiger partial charge in [-0.1, -0.05) is 18.2 Å². The Hall–Kier alpha value is -0.890. The maximum absolute atomic E-state index is 5.21. The predicted octanol–water partition coefficient (Wildman–Crippen LogP) is 5.12. The van der Waals surface area contributed by atoms with Gasteiger partial charge in [-0.2, -0.15) is 0 Å². The van der Waals surface area contributed by atoms with Crippen molar-refractivity contribution < 1.29 is 4.74 Å². The second-order valence-corrected chi connectivity index (χ2v) is 6.49. The Morgan fingerprint density at radius 2 is 1.60 bits per heavy atom. The molecule has 0 aliphatic rings. The molecule has 0 saturated carbocycles. The third-order valence-electron chi connectivity index (χ3n) is 3.14. The topological polar surface area (TPSA) is 22.1 Å². The van der Waals surface area contributed by atoms with Gasteiger partial charge in [-0.3, -0.25) is 0 Å². The van der Waals surface area contributed by atoms with Crippen LogP contribution in [-0.4, -0.2) is 12.1 Å². The van der Waals surface area contributed by atoms with Crippen molar-refractivity contribution in [3.63, 3.8) is 0 Å². The maximum Gasteiger partial charge on any atom is 0.118 e. The molecule has 0 atom stereocenters. The molecule has 1 aromatic heterocycles. The van der Waals surface area contributed by atoms with Crippen molar-refractivity contribution in [1.29, 1.82) is 0 Å². The molecule has 2 aromatic carbocycles. The average molecular weight is 487 g/mol. The van der Waals surface area contributed by atoms with Crippen LogP contribution < -0.4 is 4.74 Å². The second kappa shape index (κ2) is 5.85. The van der Waals surface area contributed by atoms with Crippen LogP contribution in [0.15, 0.2) is 48.5 Å². The molecule has 0 bridgehead atoms. The number of hydrogen-bond acceptors (Lipinski definition) is 2. The molecule has 0 saturated heterocycles. The Kier molecular flexibility index (Phi) is 4.11. The predicted molar refractivity (Wildman–Crippen MR) is 99.2 cm³/mol. The second-order valence-electron chi connectivity index (χ2n) is 4.33. The number of methoxy groups -OCH3 is 1. The van der Waals surface area contributed by atoms with Crippen LogP contribution in [0.3, 0.4) is 0 Å². The number of rotatable bonds is 2. The molecule has 1 heterocycles. The fraction of sp³-hybridized carbons (Fsp3) is 0.0625. The van der Waals surface area contributed by atoms with E-state index in [1.807, 2.05) is 30.3 Å². The van der Waals surface area contributed by atoms with Gasteiger partial charge in [0.05, 0.1) is 21.9 Å². The van der Waals surface area contributed by atoms with E-state index in [1.54, 1.807) is 7.11 Å². The molecule has 0 amide bonds. The number of hydrogen-bond donors (Lipinski definition) is 0. The summed E-state index contributed by atoms with van der Waals surface area (Å²) in [4.78, 5) is 4.81. The van der Waals surface area contributed by atoms with Crippen LogP contribution in [0.2, 0.25) is 0 Å². The van der Waals surface area contributed by atoms with Gasteiger partial charge in [-0.05, 0) is 75.5 Å². The summed E-state index contributed by atoms with van der Waals surface area (Å²) in [6, 6.07) is 16.3. The van der Waals surface area contributed by atoms with Crippen LogP contribution in [-0.2, 0) is 0 Å². The van der Waals surface area contributed by atoms with Crippen molar-refractivity contribution in [2.75, 3.05) is 7.11 Å². The number of nitrogens with zero attached hydrogens (tertiary/aromatic N) is 1. The molecule has 2 nitrogen and oxygen atoms in total. The third-order valence-corrected chi connectivity index (χ3v) is 6.34. The van der Waals surface area contributed by atoms with Crippen LogP contribution >= 0.6 is 45.2 Å². The normalized spacial score (nSPS) is 10.8. The average Bonchev–Trinajstić information content (AvgIpc) is 2.51. The van der Waals surface area contributed by atoms with Crippen molar-refractivity contribution in [3.8, 4) is 17.0 Å². The summed E-state index contributed by atoms with van der Waals surface area (Å²) in [6.45, 7) is 0. The maximum atomic E-state index is 5.21. The van der Waals surface area contributed by atoms with Crippen molar-refractivity contribution in [2.24, 2.45) is 0 Å². The lowest BCUT2D eigenvalue weighted by Crippen LogP contribution is -1.94. The number of aromatic nitrogens is 1. The zero-order chi connectivity index (χ0) is 14.1. The molecule has 0 N–H and O–H groups in total. The highest BCUT2D eigenvalue weighted by atomic mass is 127. The molecular weight excluding hydrogens is 476 g/mol. The first-order valence-corrected chi connectivity index (χ1v) is 8.24. The van der Waals surface area contributed by atoms with E-state index in [2.05, 4.69) is 63.4 Å². The third kappa shape index (κ3) is 2.50. The highest BCUT2D eigenvalue weighted by Gasteiger charge is 2.12. The standard InChI is InChI=1S/C16H11I2NO/c1-20-11-8-6-10(7-9-11)16-15(18)14(17)12-4-2-3-5-13(12)19-16/h2-9H,1H3. The van der Waals surface area contributed by atoms with Gasteiger partial charge in [0.2, 0.25) is 0 Å². The van der Waals surface area contributed by atoms with Gasteiger partial charge in [-0.25, -0.2) is 4.98 Å². The van der Waals surface area contributed by atoms with E-state index in [-0.39, 0.29) is 0 Å². The first kappa shape index (κ1) is 14.1. The van der Waals surface area contributed by atoms with Crippen LogP contribution in [0.4, 0.5) is 0 Å². The number of benzene rings is 2. The number of fused-ring (bicyclic) bond motifs is 1. The Labute approximate surface area is 144 Å². The largest absolute Gasteiger partial charge is 0.497 e. The number of halogens is 2. The summed E-state index contributed by atoms with van der Waals surface area (Å²) in [5.74, 6) is 0.860. The molecule has 3 rings (SSSR count). The zero-order valence-electron chi connectivity index (χ0n) is 10.7. The van der Waals surface area contributed by atoms with E-state index in [0.717, 1.165) is 22.5 Å². The van der Waals surface area contributed by atoms with E-state index in [0.29, 0.717) is 0 Å². The van der Waals surface area contributed by atoms with Gasteiger partial charge in [-0.15, -0.1) is 0 Å². The van der Waals surface area contributed by atoms with E-state index in [4.69, 9.17) is 9.72 Å². The molecule has 0 aliphatic carbocycles. The van der Waals surface area contributed by atoms with Gasteiger partial charge >= 0.3 is 0 Å². The molecule has 0 fully saturated rings. The van der Waals surface area contributed by atoms with Crippen LogP contribution in [0, 0.1) is 7.14 Å². The van der Waals surface area contributed by atoms with Crippen molar-refractivity contribution >= 4 is 56.1 Å². The zero-order valence-corrected chi connectivity index (χ0v) is 15.0. The number of para-hydroxylation sites is 1. The smallest absolute Gasteiger partial charge is 0.118 e. The molecule has 3 aromatic rings. The van der Waals surface area contributed by atoms with E-state index in [9.17, 15) is 0 Å². The summed E-state index contributed by atoms with van der Waals surface area (Å²) in [5, 5.41) is 1.20. The minimum atomic E-state index is 0.860. The number of ether oxygens (including phenoxy) is 1. The SMILES string of the molecule is COc1ccc(-c2nc3ccccc3c(I)c2I)cc1. The van der Waals surface area contributed by atoms with Gasteiger partial charge in [0.1, 0.15) is 5.75 Å². The van der Waals surface area contributed by atoms with Gasteiger partial charge in [0.15, 0.2) is 0 Å². The molecule has 100 valence electrons. The van der Waals surface area contributed by atoms with E-state index in [1.165, 1.54) is 12.5 Å². The molecule has 0 spiro atoms. The molecule has 0 aliphatic heterocycles. The van der Waals surface area contributed by atoms with Crippen molar-refractivity contribution in [3.05, 3.63) is 55.7 Å². The Balaban J connectivity index is 2.22. The summed E-state index contributed by atoms with van der Waals surface area (Å²) >= 11 is 4.77. The van der Waals surface area contributed by atoms with Crippen LogP contribution in [0.25, 0.3) is 22.2 Å². The van der Waals surface area contributed by atoms with Gasteiger partial charge in [0, 0.05) is 14.5 Å². The fourth-order valence-electron chi connectivity index (χ4n) is 2.09. The quantitative estimate of drug-likeness (QED) is 0.469. The Morgan fingerprint density at radius 1 is 0.900 bits per heavy atom. The summed E-state index contributed by atoms with van der Waals surface area (Å²) < 4.78 is 7.64. The highest BCUT2D eigenvalue weighted by molar-refractivity contribution is 14.1. The first-order valence-electron chi connectivity index (χ1n) is 6.09. The van der Waals surface area contributed by atoms with Crippen LogP contribution in [0.5, 0.6) is 5.75 Å². The Morgan fingerprint density at radius 3 is 2.30 bits per heavy atom. The molecular formula is C16H11I2NO. The van der Waals surface area contributed by atoms with Gasteiger partial charge < -0.3 is 4.74 Å². The van der Waals surface area contributed by atoms with Crippen molar-refractivity contribution in [1.82, 2.24) is 4.98 Å². The number of pyridine rings is 1. The minimum absolute atomic E-state index is 0.860. The molecule has 0 radical (unpaired) electrons. The van der Waals surface area contributed by atoms with Crippen molar-refractivity contribution in [2.45, 2.75) is 0 Å².